The van der Waals surface area contributed by atoms with Crippen molar-refractivity contribution >= 4 is 9.24 Å². The van der Waals surface area contributed by atoms with E-state index in [9.17, 15) is 5.11 Å². The first-order valence-electron chi connectivity index (χ1n) is 10.1. The van der Waals surface area contributed by atoms with Crippen molar-refractivity contribution in [2.45, 2.75) is 113 Å². The molecule has 0 bridgehead atoms. The van der Waals surface area contributed by atoms with Crippen LogP contribution in [0.3, 0.4) is 0 Å². The average molecular weight is 359 g/mol. The van der Waals surface area contributed by atoms with E-state index in [1.807, 2.05) is 13.8 Å². The van der Waals surface area contributed by atoms with Crippen molar-refractivity contribution in [3.05, 3.63) is 0 Å². The second-order valence-electron chi connectivity index (χ2n) is 10.6. The van der Waals surface area contributed by atoms with Gasteiger partial charge in [0, 0.05) is 0 Å². The first-order chi connectivity index (χ1) is 10.6. The van der Waals surface area contributed by atoms with Crippen LogP contribution in [0.15, 0.2) is 0 Å². The van der Waals surface area contributed by atoms with Gasteiger partial charge in [-0.3, -0.25) is 0 Å². The number of rotatable bonds is 9. The van der Waals surface area contributed by atoms with Crippen LogP contribution in [0, 0.1) is 28.1 Å². The Bertz CT molecular complexity index is 376. The third-order valence-corrected chi connectivity index (χ3v) is 7.48. The van der Waals surface area contributed by atoms with Gasteiger partial charge in [-0.2, -0.15) is 0 Å². The van der Waals surface area contributed by atoms with E-state index < -0.39 is 5.60 Å². The molecule has 1 N–H and O–H groups in total. The minimum atomic E-state index is -0.624. The Kier molecular flexibility index (Phi) is 8.52. The summed E-state index contributed by atoms with van der Waals surface area (Å²) in [5.41, 5.74) is 0.476. The summed E-state index contributed by atoms with van der Waals surface area (Å²) in [6.07, 6.45) is 4.43. The van der Waals surface area contributed by atoms with Crippen LogP contribution in [0.4, 0.5) is 0 Å². The molecule has 0 spiro atoms. The van der Waals surface area contributed by atoms with Crippen molar-refractivity contribution in [2.24, 2.45) is 28.1 Å². The molecule has 0 fully saturated rings. The molecule has 0 aliphatic heterocycles. The van der Waals surface area contributed by atoms with Crippen molar-refractivity contribution in [1.82, 2.24) is 0 Å². The van der Waals surface area contributed by atoms with Gasteiger partial charge < -0.3 is 5.11 Å². The fourth-order valence-corrected chi connectivity index (χ4v) is 7.58. The van der Waals surface area contributed by atoms with Crippen LogP contribution in [0.25, 0.3) is 0 Å². The van der Waals surface area contributed by atoms with Gasteiger partial charge in [0.05, 0.1) is 5.60 Å². The molecule has 0 rings (SSSR count). The maximum absolute atomic E-state index is 10.6. The lowest BCUT2D eigenvalue weighted by Crippen LogP contribution is -2.59. The van der Waals surface area contributed by atoms with E-state index in [1.165, 1.54) is 12.8 Å². The van der Waals surface area contributed by atoms with Gasteiger partial charge in [0.1, 0.15) is 0 Å². The Balaban J connectivity index is 6.51. The largest absolute Gasteiger partial charge is 0.390 e. The number of hydrogen-bond acceptors (Lipinski definition) is 1. The number of hydrogen-bond donors (Lipinski definition) is 1. The lowest BCUT2D eigenvalue weighted by Gasteiger charge is -2.64. The molecule has 0 aliphatic rings. The summed E-state index contributed by atoms with van der Waals surface area (Å²) in [5, 5.41) is 10.6. The Morgan fingerprint density at radius 3 is 1.58 bits per heavy atom. The fourth-order valence-electron chi connectivity index (χ4n) is 6.35. The number of aliphatic hydroxyl groups is 1. The molecule has 0 aliphatic carbocycles. The third-order valence-electron chi connectivity index (χ3n) is 6.49. The monoisotopic (exact) mass is 358 g/mol. The highest BCUT2D eigenvalue weighted by Gasteiger charge is 2.59. The SMILES string of the molecule is CCC(P)C(C(C)CC(C)(C)O)(C(C)(C)C)C(C)(CC)CC(C)C. The van der Waals surface area contributed by atoms with Gasteiger partial charge >= 0.3 is 0 Å². The third kappa shape index (κ3) is 4.97. The molecule has 0 aromatic carbocycles. The maximum atomic E-state index is 10.6. The molecule has 5 atom stereocenters. The zero-order valence-electron chi connectivity index (χ0n) is 18.6. The summed E-state index contributed by atoms with van der Waals surface area (Å²) in [6, 6.07) is 0. The van der Waals surface area contributed by atoms with E-state index in [4.69, 9.17) is 0 Å². The Hall–Kier alpha value is 0.390. The molecule has 0 radical (unpaired) electrons. The van der Waals surface area contributed by atoms with E-state index in [-0.39, 0.29) is 16.2 Å². The summed E-state index contributed by atoms with van der Waals surface area (Å²) >= 11 is 0. The minimum absolute atomic E-state index is 0.151. The standard InChI is InChI=1S/C22H47OP/c1-12-18(24)22(19(6,7)8,17(5)15-20(9,10)23)21(11,13-2)14-16(3)4/h16-18,23H,12-15,24H2,1-11H3. The smallest absolute Gasteiger partial charge is 0.0594 e. The predicted octanol–water partition coefficient (Wildman–Crippen LogP) is 6.93. The molecule has 0 saturated heterocycles. The fraction of sp³-hybridized carbons (Fsp3) is 1.00. The lowest BCUT2D eigenvalue weighted by molar-refractivity contribution is -0.129. The zero-order chi connectivity index (χ0) is 19.6. The highest BCUT2D eigenvalue weighted by atomic mass is 31.0. The van der Waals surface area contributed by atoms with E-state index >= 15 is 0 Å². The van der Waals surface area contributed by atoms with E-state index in [0.717, 1.165) is 12.8 Å². The Labute approximate surface area is 156 Å². The van der Waals surface area contributed by atoms with Gasteiger partial charge in [-0.05, 0) is 66.8 Å². The highest BCUT2D eigenvalue weighted by Crippen LogP contribution is 2.65. The molecule has 0 saturated carbocycles. The molecule has 2 heteroatoms. The van der Waals surface area contributed by atoms with Crippen LogP contribution in [-0.2, 0) is 0 Å². The Morgan fingerprint density at radius 1 is 0.875 bits per heavy atom. The molecule has 5 unspecified atom stereocenters. The average Bonchev–Trinajstić information content (AvgIpc) is 2.34. The summed E-state index contributed by atoms with van der Waals surface area (Å²) in [6.45, 7) is 25.5. The van der Waals surface area contributed by atoms with Crippen LogP contribution in [0.2, 0.25) is 0 Å². The quantitative estimate of drug-likeness (QED) is 0.443. The molecule has 0 aromatic rings. The van der Waals surface area contributed by atoms with E-state index in [2.05, 4.69) is 71.6 Å². The van der Waals surface area contributed by atoms with Crippen molar-refractivity contribution in [3.63, 3.8) is 0 Å². The van der Waals surface area contributed by atoms with Gasteiger partial charge in [0.25, 0.3) is 0 Å². The summed E-state index contributed by atoms with van der Waals surface area (Å²) in [7, 11) is 3.20. The second kappa shape index (κ2) is 8.39. The second-order valence-corrected chi connectivity index (χ2v) is 11.4. The lowest BCUT2D eigenvalue weighted by atomic mass is 9.43. The van der Waals surface area contributed by atoms with Crippen LogP contribution in [0.5, 0.6) is 0 Å². The zero-order valence-corrected chi connectivity index (χ0v) is 19.7. The molecular weight excluding hydrogens is 311 g/mol. The van der Waals surface area contributed by atoms with Gasteiger partial charge in [-0.1, -0.05) is 68.7 Å². The molecule has 0 heterocycles. The van der Waals surface area contributed by atoms with Gasteiger partial charge in [0.2, 0.25) is 0 Å². The summed E-state index contributed by atoms with van der Waals surface area (Å²) in [4.78, 5) is 0. The van der Waals surface area contributed by atoms with Gasteiger partial charge in [0.15, 0.2) is 0 Å². The summed E-state index contributed by atoms with van der Waals surface area (Å²) in [5.74, 6) is 1.13. The predicted molar refractivity (Wildman–Crippen MR) is 114 cm³/mol. The van der Waals surface area contributed by atoms with Crippen LogP contribution < -0.4 is 0 Å². The van der Waals surface area contributed by atoms with Crippen LogP contribution in [-0.4, -0.2) is 16.4 Å². The first-order valence-corrected chi connectivity index (χ1v) is 10.7. The maximum Gasteiger partial charge on any atom is 0.0594 e. The van der Waals surface area contributed by atoms with Crippen molar-refractivity contribution in [2.75, 3.05) is 0 Å². The topological polar surface area (TPSA) is 20.2 Å². The molecule has 146 valence electrons. The van der Waals surface area contributed by atoms with E-state index in [1.54, 1.807) is 0 Å². The van der Waals surface area contributed by atoms with Crippen LogP contribution in [0.1, 0.15) is 102 Å². The van der Waals surface area contributed by atoms with Crippen molar-refractivity contribution in [3.8, 4) is 0 Å². The Morgan fingerprint density at radius 2 is 1.33 bits per heavy atom. The van der Waals surface area contributed by atoms with Crippen molar-refractivity contribution in [1.29, 1.82) is 0 Å². The van der Waals surface area contributed by atoms with Crippen LogP contribution >= 0.6 is 9.24 Å². The van der Waals surface area contributed by atoms with Crippen molar-refractivity contribution < 1.29 is 5.11 Å². The molecular formula is C22H47OP. The summed E-state index contributed by atoms with van der Waals surface area (Å²) < 4.78 is 0. The normalized spacial score (nSPS) is 21.2. The molecule has 1 nitrogen and oxygen atoms in total. The first kappa shape index (κ1) is 24.4. The van der Waals surface area contributed by atoms with E-state index in [0.29, 0.717) is 17.5 Å². The highest BCUT2D eigenvalue weighted by molar-refractivity contribution is 7.17. The molecule has 0 amide bonds. The minimum Gasteiger partial charge on any atom is -0.390 e. The van der Waals surface area contributed by atoms with Gasteiger partial charge in [-0.15, -0.1) is 9.24 Å². The van der Waals surface area contributed by atoms with Gasteiger partial charge in [-0.25, -0.2) is 0 Å². The molecule has 0 aromatic heterocycles. The molecule has 24 heavy (non-hydrogen) atoms.